The molecule has 2 atom stereocenters. The van der Waals surface area contributed by atoms with Crippen LogP contribution in [0.2, 0.25) is 0 Å². The third-order valence-electron chi connectivity index (χ3n) is 4.54. The van der Waals surface area contributed by atoms with E-state index < -0.39 is 10.0 Å². The number of fused-ring (bicyclic) bond motifs is 1. The summed E-state index contributed by atoms with van der Waals surface area (Å²) in [6, 6.07) is 0. The largest absolute Gasteiger partial charge is 0.332 e. The molecule has 18 heavy (non-hydrogen) atoms. The predicted molar refractivity (Wildman–Crippen MR) is 67.6 cm³/mol. The number of aromatic nitrogens is 2. The van der Waals surface area contributed by atoms with E-state index in [1.807, 2.05) is 6.92 Å². The van der Waals surface area contributed by atoms with E-state index in [1.165, 1.54) is 12.6 Å². The minimum absolute atomic E-state index is 0.243. The lowest BCUT2D eigenvalue weighted by Gasteiger charge is -2.18. The van der Waals surface area contributed by atoms with Crippen molar-refractivity contribution in [1.29, 1.82) is 0 Å². The Labute approximate surface area is 108 Å². The normalized spacial score (nSPS) is 31.6. The van der Waals surface area contributed by atoms with Crippen molar-refractivity contribution in [3.8, 4) is 0 Å². The van der Waals surface area contributed by atoms with Crippen LogP contribution in [0.4, 0.5) is 0 Å². The van der Waals surface area contributed by atoms with E-state index in [1.54, 1.807) is 4.31 Å². The minimum atomic E-state index is -3.36. The SMILES string of the molecule is CCc1ncc(S(=O)(=O)N2CC3CC3(CC)C2)[nH]1. The summed E-state index contributed by atoms with van der Waals surface area (Å²) in [4.78, 5) is 6.98. The van der Waals surface area contributed by atoms with Gasteiger partial charge in [0.05, 0.1) is 6.20 Å². The summed E-state index contributed by atoms with van der Waals surface area (Å²) in [5.41, 5.74) is 0.278. The number of nitrogens with one attached hydrogen (secondary N) is 1. The van der Waals surface area contributed by atoms with E-state index in [4.69, 9.17) is 0 Å². The quantitative estimate of drug-likeness (QED) is 0.898. The molecule has 6 heteroatoms. The molecule has 1 aliphatic carbocycles. The molecule has 2 unspecified atom stereocenters. The van der Waals surface area contributed by atoms with Crippen molar-refractivity contribution in [1.82, 2.24) is 14.3 Å². The molecule has 2 fully saturated rings. The molecule has 2 heterocycles. The highest BCUT2D eigenvalue weighted by Gasteiger charge is 2.60. The van der Waals surface area contributed by atoms with Gasteiger partial charge in [-0.25, -0.2) is 13.4 Å². The van der Waals surface area contributed by atoms with Crippen LogP contribution in [0.25, 0.3) is 0 Å². The van der Waals surface area contributed by atoms with Gasteiger partial charge in [-0.1, -0.05) is 13.8 Å². The summed E-state index contributed by atoms with van der Waals surface area (Å²) in [7, 11) is -3.36. The maximum absolute atomic E-state index is 12.4. The Morgan fingerprint density at radius 3 is 2.89 bits per heavy atom. The van der Waals surface area contributed by atoms with Crippen LogP contribution in [0.3, 0.4) is 0 Å². The molecule has 0 bridgehead atoms. The summed E-state index contributed by atoms with van der Waals surface area (Å²) in [5.74, 6) is 1.30. The third kappa shape index (κ3) is 1.62. The smallest absolute Gasteiger partial charge is 0.260 e. The highest BCUT2D eigenvalue weighted by atomic mass is 32.2. The van der Waals surface area contributed by atoms with Crippen molar-refractivity contribution in [2.45, 2.75) is 38.1 Å². The molecule has 5 nitrogen and oxygen atoms in total. The van der Waals surface area contributed by atoms with E-state index in [-0.39, 0.29) is 10.4 Å². The first-order valence-corrected chi connectivity index (χ1v) is 8.00. The number of hydrogen-bond donors (Lipinski definition) is 1. The fourth-order valence-corrected chi connectivity index (χ4v) is 4.58. The summed E-state index contributed by atoms with van der Waals surface area (Å²) in [6.07, 6.45) is 4.43. The number of aryl methyl sites for hydroxylation is 1. The Hall–Kier alpha value is -0.880. The molecular formula is C12H19N3O2S. The maximum Gasteiger partial charge on any atom is 0.260 e. The van der Waals surface area contributed by atoms with Gasteiger partial charge in [0.1, 0.15) is 5.82 Å². The molecule has 1 aromatic heterocycles. The zero-order chi connectivity index (χ0) is 13.0. The Balaban J connectivity index is 1.84. The molecular weight excluding hydrogens is 250 g/mol. The van der Waals surface area contributed by atoms with Crippen molar-refractivity contribution in [2.75, 3.05) is 13.1 Å². The highest BCUT2D eigenvalue weighted by Crippen LogP contribution is 2.60. The summed E-state index contributed by atoms with van der Waals surface area (Å²) < 4.78 is 26.5. The fourth-order valence-electron chi connectivity index (χ4n) is 3.07. The van der Waals surface area contributed by atoms with Crippen LogP contribution in [0, 0.1) is 11.3 Å². The number of H-pyrrole nitrogens is 1. The van der Waals surface area contributed by atoms with Gasteiger partial charge >= 0.3 is 0 Å². The molecule has 0 amide bonds. The van der Waals surface area contributed by atoms with E-state index in [2.05, 4.69) is 16.9 Å². The molecule has 0 aromatic carbocycles. The van der Waals surface area contributed by atoms with Crippen LogP contribution >= 0.6 is 0 Å². The van der Waals surface area contributed by atoms with Gasteiger partial charge in [0.2, 0.25) is 0 Å². The lowest BCUT2D eigenvalue weighted by atomic mass is 10.0. The van der Waals surface area contributed by atoms with Gasteiger partial charge in [0.25, 0.3) is 10.0 Å². The molecule has 1 aromatic rings. The zero-order valence-corrected chi connectivity index (χ0v) is 11.6. The molecule has 1 saturated carbocycles. The van der Waals surface area contributed by atoms with E-state index in [0.717, 1.165) is 18.7 Å². The number of aromatic amines is 1. The van der Waals surface area contributed by atoms with Crippen molar-refractivity contribution >= 4 is 10.0 Å². The topological polar surface area (TPSA) is 66.1 Å². The van der Waals surface area contributed by atoms with Gasteiger partial charge < -0.3 is 4.98 Å². The second-order valence-electron chi connectivity index (χ2n) is 5.46. The van der Waals surface area contributed by atoms with Crippen LogP contribution in [0.5, 0.6) is 0 Å². The van der Waals surface area contributed by atoms with Crippen LogP contribution in [-0.2, 0) is 16.4 Å². The number of sulfonamides is 1. The lowest BCUT2D eigenvalue weighted by Crippen LogP contribution is -2.32. The molecule has 3 rings (SSSR count). The molecule has 1 saturated heterocycles. The standard InChI is InChI=1S/C12H19N3O2S/c1-3-10-13-6-11(14-10)18(16,17)15-7-9-5-12(9,4-2)8-15/h6,9H,3-5,7-8H2,1-2H3,(H,13,14). The van der Waals surface area contributed by atoms with Crippen LogP contribution in [-0.4, -0.2) is 35.8 Å². The number of rotatable bonds is 4. The predicted octanol–water partition coefficient (Wildman–Crippen LogP) is 1.39. The van der Waals surface area contributed by atoms with Gasteiger partial charge in [0, 0.05) is 19.5 Å². The fraction of sp³-hybridized carbons (Fsp3) is 0.750. The van der Waals surface area contributed by atoms with Gasteiger partial charge in [-0.15, -0.1) is 0 Å². The zero-order valence-electron chi connectivity index (χ0n) is 10.8. The van der Waals surface area contributed by atoms with Crippen LogP contribution in [0.1, 0.15) is 32.5 Å². The first-order chi connectivity index (χ1) is 8.52. The summed E-state index contributed by atoms with van der Waals surface area (Å²) in [6.45, 7) is 5.46. The minimum Gasteiger partial charge on any atom is -0.332 e. The van der Waals surface area contributed by atoms with Crippen LogP contribution < -0.4 is 0 Å². The monoisotopic (exact) mass is 269 g/mol. The van der Waals surface area contributed by atoms with Crippen molar-refractivity contribution in [2.24, 2.45) is 11.3 Å². The number of hydrogen-bond acceptors (Lipinski definition) is 3. The summed E-state index contributed by atoms with van der Waals surface area (Å²) >= 11 is 0. The van der Waals surface area contributed by atoms with Crippen molar-refractivity contribution in [3.05, 3.63) is 12.0 Å². The Morgan fingerprint density at radius 2 is 2.33 bits per heavy atom. The number of imidazole rings is 1. The maximum atomic E-state index is 12.4. The van der Waals surface area contributed by atoms with E-state index in [0.29, 0.717) is 19.0 Å². The van der Waals surface area contributed by atoms with E-state index in [9.17, 15) is 8.42 Å². The van der Waals surface area contributed by atoms with Crippen molar-refractivity contribution < 1.29 is 8.42 Å². The van der Waals surface area contributed by atoms with Crippen molar-refractivity contribution in [3.63, 3.8) is 0 Å². The molecule has 1 N–H and O–H groups in total. The summed E-state index contributed by atoms with van der Waals surface area (Å²) in [5, 5.41) is 0.243. The van der Waals surface area contributed by atoms with Crippen LogP contribution in [0.15, 0.2) is 11.2 Å². The average Bonchev–Trinajstić information content (AvgIpc) is 2.79. The molecule has 2 aliphatic rings. The molecule has 1 aliphatic heterocycles. The molecule has 0 spiro atoms. The Bertz CT molecular complexity index is 562. The lowest BCUT2D eigenvalue weighted by molar-refractivity contribution is 0.392. The first-order valence-electron chi connectivity index (χ1n) is 6.56. The van der Waals surface area contributed by atoms with Gasteiger partial charge in [-0.05, 0) is 24.2 Å². The highest BCUT2D eigenvalue weighted by molar-refractivity contribution is 7.89. The number of piperidine rings is 1. The Kier molecular flexibility index (Phi) is 2.57. The van der Waals surface area contributed by atoms with Gasteiger partial charge in [0.15, 0.2) is 5.03 Å². The Morgan fingerprint density at radius 1 is 1.56 bits per heavy atom. The van der Waals surface area contributed by atoms with Gasteiger partial charge in [-0.3, -0.25) is 0 Å². The second-order valence-corrected chi connectivity index (χ2v) is 7.37. The molecule has 0 radical (unpaired) electrons. The van der Waals surface area contributed by atoms with E-state index >= 15 is 0 Å². The average molecular weight is 269 g/mol. The first kappa shape index (κ1) is 12.2. The number of nitrogens with zero attached hydrogens (tertiary/aromatic N) is 2. The second kappa shape index (κ2) is 3.81. The molecule has 100 valence electrons. The third-order valence-corrected chi connectivity index (χ3v) is 6.26. The van der Waals surface area contributed by atoms with Gasteiger partial charge in [-0.2, -0.15) is 4.31 Å².